The smallest absolute Gasteiger partial charge is 0.446 e. The molecule has 0 saturated carbocycles. The Kier molecular flexibility index (Phi) is 9.76. The number of benzene rings is 2. The van der Waals surface area contributed by atoms with Crippen LogP contribution in [-0.2, 0) is 37.9 Å². The number of aromatic carboxylic acids is 2. The number of para-hydroxylation sites is 2. The first-order valence-electron chi connectivity index (χ1n) is 6.78. The van der Waals surface area contributed by atoms with E-state index in [2.05, 4.69) is 8.37 Å². The summed E-state index contributed by atoms with van der Waals surface area (Å²) in [5.74, 6) is -3.54. The van der Waals surface area contributed by atoms with Gasteiger partial charge in [0.1, 0.15) is 11.1 Å². The molecule has 0 aliphatic heterocycles. The van der Waals surface area contributed by atoms with Gasteiger partial charge in [-0.25, -0.2) is 9.59 Å². The van der Waals surface area contributed by atoms with Gasteiger partial charge in [0.15, 0.2) is 11.5 Å². The Morgan fingerprint density at radius 1 is 0.655 bits per heavy atom. The maximum atomic E-state index is 10.6. The maximum Gasteiger partial charge on any atom is 0.446 e. The predicted molar refractivity (Wildman–Crippen MR) is 91.2 cm³/mol. The molecule has 2 aromatic rings. The molecule has 2 aromatic carbocycles. The summed E-state index contributed by atoms with van der Waals surface area (Å²) in [5, 5.41) is 17.2. The normalized spacial score (nSPS) is 10.6. The van der Waals surface area contributed by atoms with Crippen LogP contribution in [0, 0.1) is 0 Å². The predicted octanol–water partition coefficient (Wildman–Crippen LogP) is 1.13. The average molecular weight is 500 g/mol. The van der Waals surface area contributed by atoms with Crippen LogP contribution in [-0.4, -0.2) is 48.1 Å². The molecule has 29 heavy (non-hydrogen) atoms. The van der Waals surface area contributed by atoms with Crippen molar-refractivity contribution in [3.63, 3.8) is 0 Å². The molecule has 12 nitrogen and oxygen atoms in total. The van der Waals surface area contributed by atoms with Gasteiger partial charge in [0.2, 0.25) is 0 Å². The summed E-state index contributed by atoms with van der Waals surface area (Å²) in [4.78, 5) is 21.1. The number of carbonyl (C=O) groups is 2. The Labute approximate surface area is 175 Å². The Morgan fingerprint density at radius 2 is 0.931 bits per heavy atom. The van der Waals surface area contributed by atoms with Gasteiger partial charge in [-0.3, -0.25) is 9.11 Å². The molecule has 0 unspecified atom stereocenters. The van der Waals surface area contributed by atoms with E-state index in [1.165, 1.54) is 24.3 Å². The van der Waals surface area contributed by atoms with Crippen LogP contribution < -0.4 is 8.37 Å². The van der Waals surface area contributed by atoms with Crippen LogP contribution >= 0.6 is 0 Å². The molecule has 163 valence electrons. The second-order valence-corrected chi connectivity index (χ2v) is 6.67. The van der Waals surface area contributed by atoms with E-state index in [0.29, 0.717) is 0 Å². The molecule has 0 aromatic heterocycles. The standard InChI is InChI=1S/2C7H6O6S.Cu/c2*8-7(9)5-3-1-2-4-6(5)13-14(10,11)12;/h2*1-4H,(H,8,9)(H,10,11,12);. The number of rotatable bonds is 6. The van der Waals surface area contributed by atoms with Crippen LogP contribution in [0.5, 0.6) is 11.5 Å². The van der Waals surface area contributed by atoms with Crippen LogP contribution in [0.3, 0.4) is 0 Å². The summed E-state index contributed by atoms with van der Waals surface area (Å²) in [6.07, 6.45) is 0. The van der Waals surface area contributed by atoms with Crippen LogP contribution in [0.25, 0.3) is 0 Å². The Hall–Kier alpha value is -2.68. The quantitative estimate of drug-likeness (QED) is 0.326. The molecule has 0 bridgehead atoms. The van der Waals surface area contributed by atoms with Crippen molar-refractivity contribution in [1.29, 1.82) is 0 Å². The molecule has 0 atom stereocenters. The SMILES string of the molecule is O=C(O)c1ccccc1OS(=O)(=O)O.O=C(O)c1ccccc1OS(=O)(=O)O.[Cu]. The van der Waals surface area contributed by atoms with E-state index in [4.69, 9.17) is 19.3 Å². The third-order valence-corrected chi connectivity index (χ3v) is 3.41. The molecule has 0 aliphatic carbocycles. The van der Waals surface area contributed by atoms with E-state index in [1.807, 2.05) is 0 Å². The first-order chi connectivity index (χ1) is 12.8. The minimum Gasteiger partial charge on any atom is -0.478 e. The third kappa shape index (κ3) is 9.89. The minimum atomic E-state index is -4.70. The first kappa shape index (κ1) is 26.3. The van der Waals surface area contributed by atoms with Gasteiger partial charge in [-0.15, -0.1) is 0 Å². The Bertz CT molecular complexity index is 992. The monoisotopic (exact) mass is 499 g/mol. The Balaban J connectivity index is 0.000000523. The van der Waals surface area contributed by atoms with Crippen LogP contribution in [0.2, 0.25) is 0 Å². The fourth-order valence-corrected chi connectivity index (χ4v) is 2.40. The molecule has 0 spiro atoms. The zero-order valence-corrected chi connectivity index (χ0v) is 16.4. The van der Waals surface area contributed by atoms with Crippen molar-refractivity contribution >= 4 is 32.7 Å². The van der Waals surface area contributed by atoms with Crippen molar-refractivity contribution in [1.82, 2.24) is 0 Å². The van der Waals surface area contributed by atoms with E-state index in [9.17, 15) is 26.4 Å². The summed E-state index contributed by atoms with van der Waals surface area (Å²) in [5.41, 5.74) is -0.685. The van der Waals surface area contributed by atoms with E-state index in [-0.39, 0.29) is 28.2 Å². The van der Waals surface area contributed by atoms with Crippen molar-refractivity contribution in [2.24, 2.45) is 0 Å². The number of carboxylic acid groups (broad SMARTS) is 2. The number of hydrogen-bond acceptors (Lipinski definition) is 8. The molecule has 0 aliphatic rings. The molecule has 0 saturated heterocycles. The van der Waals surface area contributed by atoms with Crippen molar-refractivity contribution < 1.29 is 71.2 Å². The van der Waals surface area contributed by atoms with Crippen molar-refractivity contribution in [3.05, 3.63) is 59.7 Å². The molecular formula is C14H12CuO12S2. The second-order valence-electron chi connectivity index (χ2n) is 4.62. The molecule has 0 heterocycles. The van der Waals surface area contributed by atoms with Gasteiger partial charge in [0.05, 0.1) is 0 Å². The van der Waals surface area contributed by atoms with Gasteiger partial charge in [-0.2, -0.15) is 16.8 Å². The summed E-state index contributed by atoms with van der Waals surface area (Å²) < 4.78 is 66.0. The fraction of sp³-hybridized carbons (Fsp3) is 0. The van der Waals surface area contributed by atoms with Gasteiger partial charge in [-0.1, -0.05) is 24.3 Å². The topological polar surface area (TPSA) is 202 Å². The zero-order valence-electron chi connectivity index (χ0n) is 13.8. The third-order valence-electron chi connectivity index (χ3n) is 2.63. The minimum absolute atomic E-state index is 0. The number of carboxylic acids is 2. The van der Waals surface area contributed by atoms with Gasteiger partial charge < -0.3 is 18.6 Å². The van der Waals surface area contributed by atoms with E-state index >= 15 is 0 Å². The van der Waals surface area contributed by atoms with Crippen LogP contribution in [0.4, 0.5) is 0 Å². The number of hydrogen-bond donors (Lipinski definition) is 4. The molecular weight excluding hydrogens is 488 g/mol. The molecule has 1 radical (unpaired) electrons. The summed E-state index contributed by atoms with van der Waals surface area (Å²) >= 11 is 0. The van der Waals surface area contributed by atoms with Gasteiger partial charge in [0, 0.05) is 17.1 Å². The van der Waals surface area contributed by atoms with Gasteiger partial charge >= 0.3 is 32.7 Å². The van der Waals surface area contributed by atoms with Gasteiger partial charge in [-0.05, 0) is 24.3 Å². The van der Waals surface area contributed by atoms with Gasteiger partial charge in [0.25, 0.3) is 0 Å². The second kappa shape index (κ2) is 10.8. The van der Waals surface area contributed by atoms with Crippen molar-refractivity contribution in [2.75, 3.05) is 0 Å². The molecule has 0 amide bonds. The van der Waals surface area contributed by atoms with Crippen LogP contribution in [0.1, 0.15) is 20.7 Å². The molecule has 0 fully saturated rings. The molecule has 2 rings (SSSR count). The summed E-state index contributed by atoms with van der Waals surface area (Å²) in [7, 11) is -9.39. The first-order valence-corrected chi connectivity index (χ1v) is 9.51. The summed E-state index contributed by atoms with van der Waals surface area (Å²) in [6.45, 7) is 0. The Morgan fingerprint density at radius 3 is 1.17 bits per heavy atom. The van der Waals surface area contributed by atoms with Crippen molar-refractivity contribution in [2.45, 2.75) is 0 Å². The van der Waals surface area contributed by atoms with Crippen LogP contribution in [0.15, 0.2) is 48.5 Å². The zero-order chi connectivity index (χ0) is 21.5. The molecule has 15 heteroatoms. The summed E-state index contributed by atoms with van der Waals surface area (Å²) in [6, 6.07) is 10.1. The fourth-order valence-electron chi connectivity index (χ4n) is 1.66. The van der Waals surface area contributed by atoms with E-state index in [1.54, 1.807) is 0 Å². The van der Waals surface area contributed by atoms with E-state index < -0.39 is 44.2 Å². The largest absolute Gasteiger partial charge is 0.478 e. The average Bonchev–Trinajstić information content (AvgIpc) is 2.53. The van der Waals surface area contributed by atoms with Crippen molar-refractivity contribution in [3.8, 4) is 11.5 Å². The maximum absolute atomic E-state index is 10.6. The molecule has 4 N–H and O–H groups in total. The van der Waals surface area contributed by atoms with E-state index in [0.717, 1.165) is 24.3 Å².